The fourth-order valence-corrected chi connectivity index (χ4v) is 4.89. The van der Waals surface area contributed by atoms with E-state index in [-0.39, 0.29) is 24.7 Å². The molecule has 3 N–H and O–H groups in total. The van der Waals surface area contributed by atoms with E-state index in [9.17, 15) is 13.8 Å². The summed E-state index contributed by atoms with van der Waals surface area (Å²) in [6, 6.07) is 17.5. The Morgan fingerprint density at radius 3 is 2.30 bits per heavy atom. The molecule has 4 rings (SSSR count). The number of halogens is 1. The summed E-state index contributed by atoms with van der Waals surface area (Å²) in [5.74, 6) is 0.287. The zero-order valence-corrected chi connectivity index (χ0v) is 23.3. The van der Waals surface area contributed by atoms with Crippen molar-refractivity contribution in [2.24, 2.45) is 0 Å². The van der Waals surface area contributed by atoms with Gasteiger partial charge in [-0.25, -0.2) is 4.39 Å². The molecule has 0 bridgehead atoms. The van der Waals surface area contributed by atoms with E-state index in [1.807, 2.05) is 43.3 Å². The highest BCUT2D eigenvalue weighted by molar-refractivity contribution is 7.51. The Kier molecular flexibility index (Phi) is 9.10. The van der Waals surface area contributed by atoms with E-state index in [2.05, 4.69) is 5.32 Å². The van der Waals surface area contributed by atoms with Crippen LogP contribution in [0.2, 0.25) is 0 Å². The number of hydrogen-bond donors (Lipinski definition) is 3. The van der Waals surface area contributed by atoms with Gasteiger partial charge in [0.2, 0.25) is 11.7 Å². The molecule has 3 aromatic rings. The summed E-state index contributed by atoms with van der Waals surface area (Å²) >= 11 is 0. The van der Waals surface area contributed by atoms with Gasteiger partial charge in [0.05, 0.1) is 33.4 Å². The molecule has 1 aliphatic carbocycles. The quantitative estimate of drug-likeness (QED) is 0.265. The minimum atomic E-state index is -4.23. The van der Waals surface area contributed by atoms with Gasteiger partial charge in [-0.3, -0.25) is 9.36 Å². The summed E-state index contributed by atoms with van der Waals surface area (Å²) < 4.78 is 42.1. The molecule has 10 heteroatoms. The van der Waals surface area contributed by atoms with Gasteiger partial charge in [0.15, 0.2) is 11.5 Å². The first kappa shape index (κ1) is 29.1. The van der Waals surface area contributed by atoms with Gasteiger partial charge in [-0.2, -0.15) is 0 Å². The van der Waals surface area contributed by atoms with Crippen molar-refractivity contribution in [1.29, 1.82) is 0 Å². The van der Waals surface area contributed by atoms with E-state index in [0.717, 1.165) is 27.8 Å². The summed E-state index contributed by atoms with van der Waals surface area (Å²) in [5.41, 5.74) is 5.53. The first-order valence-electron chi connectivity index (χ1n) is 12.6. The van der Waals surface area contributed by atoms with Crippen LogP contribution in [-0.4, -0.2) is 42.7 Å². The van der Waals surface area contributed by atoms with Gasteiger partial charge >= 0.3 is 7.60 Å². The lowest BCUT2D eigenvalue weighted by atomic mass is 10.00. The first-order chi connectivity index (χ1) is 19.1. The van der Waals surface area contributed by atoms with Gasteiger partial charge in [-0.1, -0.05) is 36.4 Å². The number of amides is 1. The lowest BCUT2D eigenvalue weighted by Crippen LogP contribution is -2.22. The Labute approximate surface area is 232 Å². The maximum Gasteiger partial charge on any atom is 0.328 e. The van der Waals surface area contributed by atoms with Gasteiger partial charge in [-0.05, 0) is 76.2 Å². The highest BCUT2D eigenvalue weighted by atomic mass is 31.2. The smallest absolute Gasteiger partial charge is 0.328 e. The number of ether oxygens (including phenoxy) is 3. The van der Waals surface area contributed by atoms with Crippen molar-refractivity contribution in [3.8, 4) is 17.2 Å². The molecule has 0 fully saturated rings. The molecule has 0 atom stereocenters. The molecule has 0 saturated heterocycles. The fourth-order valence-electron chi connectivity index (χ4n) is 4.56. The summed E-state index contributed by atoms with van der Waals surface area (Å²) in [4.78, 5) is 31.2. The standard InChI is InChI=1S/C30H31FNO7P/c1-19-24(13-21-14-27(37-2)30(28(15-21)38-3)39-11-12-40(34,35)36)23-10-9-22(31)16-26(23)25(19)17-29(33)32-18-20-7-5-4-6-8-20/h4-10,13-16H,11-12,17-18H2,1-3H3,(H,32,33)(H2,34,35,36)/b24-13-. The Bertz CT molecular complexity index is 1490. The summed E-state index contributed by atoms with van der Waals surface area (Å²) in [6.45, 7) is 2.07. The van der Waals surface area contributed by atoms with Gasteiger partial charge in [0, 0.05) is 6.54 Å². The Morgan fingerprint density at radius 1 is 1.00 bits per heavy atom. The van der Waals surface area contributed by atoms with Gasteiger partial charge in [-0.15, -0.1) is 0 Å². The molecule has 8 nitrogen and oxygen atoms in total. The second kappa shape index (κ2) is 12.5. The number of rotatable bonds is 11. The van der Waals surface area contributed by atoms with Crippen LogP contribution in [0.15, 0.2) is 66.2 Å². The maximum atomic E-state index is 14.3. The number of benzene rings is 3. The minimum Gasteiger partial charge on any atom is -0.493 e. The Balaban J connectivity index is 1.65. The predicted octanol–water partition coefficient (Wildman–Crippen LogP) is 5.43. The van der Waals surface area contributed by atoms with Crippen LogP contribution in [0.1, 0.15) is 35.6 Å². The molecule has 40 heavy (non-hydrogen) atoms. The maximum absolute atomic E-state index is 14.3. The number of nitrogens with one attached hydrogen (secondary N) is 1. The fraction of sp³-hybridized carbons (Fsp3) is 0.233. The van der Waals surface area contributed by atoms with Crippen molar-refractivity contribution in [1.82, 2.24) is 5.32 Å². The normalized spacial score (nSPS) is 13.8. The average molecular weight is 568 g/mol. The predicted molar refractivity (Wildman–Crippen MR) is 152 cm³/mol. The highest BCUT2D eigenvalue weighted by Crippen LogP contribution is 2.46. The van der Waals surface area contributed by atoms with E-state index in [1.54, 1.807) is 18.2 Å². The number of fused-ring (bicyclic) bond motifs is 1. The third kappa shape index (κ3) is 6.99. The molecule has 0 saturated carbocycles. The van der Waals surface area contributed by atoms with E-state index in [1.165, 1.54) is 26.4 Å². The number of allylic oxidation sites excluding steroid dienone is 2. The number of methoxy groups -OCH3 is 2. The molecule has 0 heterocycles. The van der Waals surface area contributed by atoms with Gasteiger partial charge in [0.1, 0.15) is 5.82 Å². The molecule has 1 amide bonds. The van der Waals surface area contributed by atoms with Gasteiger partial charge < -0.3 is 29.3 Å². The van der Waals surface area contributed by atoms with Gasteiger partial charge in [0.25, 0.3) is 0 Å². The van der Waals surface area contributed by atoms with E-state index >= 15 is 0 Å². The molecule has 0 aromatic heterocycles. The van der Waals surface area contributed by atoms with Crippen molar-refractivity contribution in [3.63, 3.8) is 0 Å². The number of carbonyl (C=O) groups is 1. The van der Waals surface area contributed by atoms with Crippen LogP contribution in [0.5, 0.6) is 17.2 Å². The zero-order valence-electron chi connectivity index (χ0n) is 22.4. The topological polar surface area (TPSA) is 114 Å². The average Bonchev–Trinajstić information content (AvgIpc) is 3.17. The third-order valence-corrected chi connectivity index (χ3v) is 7.31. The third-order valence-electron chi connectivity index (χ3n) is 6.55. The number of hydrogen-bond acceptors (Lipinski definition) is 5. The molecule has 0 radical (unpaired) electrons. The van der Waals surface area contributed by atoms with Crippen molar-refractivity contribution >= 4 is 30.7 Å². The second-order valence-corrected chi connectivity index (χ2v) is 11.1. The van der Waals surface area contributed by atoms with Crippen molar-refractivity contribution in [3.05, 3.63) is 94.3 Å². The van der Waals surface area contributed by atoms with Crippen molar-refractivity contribution in [2.45, 2.75) is 19.9 Å². The molecule has 0 unspecified atom stereocenters. The first-order valence-corrected chi connectivity index (χ1v) is 14.4. The molecule has 210 valence electrons. The molecule has 3 aromatic carbocycles. The van der Waals surface area contributed by atoms with Crippen molar-refractivity contribution < 1.29 is 37.7 Å². The van der Waals surface area contributed by atoms with Crippen LogP contribution < -0.4 is 19.5 Å². The summed E-state index contributed by atoms with van der Waals surface area (Å²) in [7, 11) is -1.33. The van der Waals surface area contributed by atoms with Crippen molar-refractivity contribution in [2.75, 3.05) is 27.0 Å². The molecular weight excluding hydrogens is 536 g/mol. The molecule has 0 spiro atoms. The SMILES string of the molecule is COc1cc(/C=C2/C(C)=C(CC(=O)NCc3ccccc3)c3cc(F)ccc32)cc(OC)c1OCCP(=O)(O)O. The van der Waals surface area contributed by atoms with Crippen LogP contribution >= 0.6 is 7.60 Å². The monoisotopic (exact) mass is 567 g/mol. The second-order valence-electron chi connectivity index (χ2n) is 9.28. The molecule has 0 aliphatic heterocycles. The summed E-state index contributed by atoms with van der Waals surface area (Å²) in [6.07, 6.45) is 1.53. The highest BCUT2D eigenvalue weighted by Gasteiger charge is 2.26. The number of carbonyl (C=O) groups excluding carboxylic acids is 1. The van der Waals surface area contributed by atoms with Crippen LogP contribution in [0.25, 0.3) is 17.2 Å². The largest absolute Gasteiger partial charge is 0.493 e. The van der Waals surface area contributed by atoms with E-state index in [4.69, 9.17) is 24.0 Å². The lowest BCUT2D eigenvalue weighted by molar-refractivity contribution is -0.120. The van der Waals surface area contributed by atoms with Crippen LogP contribution in [0.4, 0.5) is 4.39 Å². The van der Waals surface area contributed by atoms with E-state index < -0.39 is 19.6 Å². The van der Waals surface area contributed by atoms with Crippen LogP contribution in [0, 0.1) is 5.82 Å². The zero-order chi connectivity index (χ0) is 28.9. The lowest BCUT2D eigenvalue weighted by Gasteiger charge is -2.16. The van der Waals surface area contributed by atoms with E-state index in [0.29, 0.717) is 29.2 Å². The van der Waals surface area contributed by atoms with Crippen LogP contribution in [0.3, 0.4) is 0 Å². The minimum absolute atomic E-state index is 0.0887. The van der Waals surface area contributed by atoms with Crippen LogP contribution in [-0.2, 0) is 15.9 Å². The molecule has 1 aliphatic rings. The molecular formula is C30H31FNO7P. The Hall–Kier alpha value is -3.91. The summed E-state index contributed by atoms with van der Waals surface area (Å²) in [5, 5.41) is 2.94. The Morgan fingerprint density at radius 2 is 1.68 bits per heavy atom.